The summed E-state index contributed by atoms with van der Waals surface area (Å²) in [5.74, 6) is 1.20. The minimum Gasteiger partial charge on any atom is -0.504 e. The lowest BCUT2D eigenvalue weighted by Gasteiger charge is -2.50. The van der Waals surface area contributed by atoms with Crippen molar-refractivity contribution in [2.75, 3.05) is 7.11 Å². The predicted molar refractivity (Wildman–Crippen MR) is 136 cm³/mol. The molecule has 3 aliphatic carbocycles. The van der Waals surface area contributed by atoms with E-state index in [9.17, 15) is 20.0 Å². The number of carbonyl (C=O) groups is 1. The van der Waals surface area contributed by atoms with Crippen molar-refractivity contribution in [3.8, 4) is 11.5 Å². The Morgan fingerprint density at radius 1 is 1.22 bits per heavy atom. The number of phenolic OH excluding ortho intramolecular Hbond substituents is 1. The number of nitro groups is 1. The van der Waals surface area contributed by atoms with Crippen LogP contribution < -0.4 is 4.74 Å². The second-order valence-corrected chi connectivity index (χ2v) is 10.6. The van der Waals surface area contributed by atoms with Gasteiger partial charge in [-0.15, -0.1) is 0 Å². The lowest BCUT2D eigenvalue weighted by molar-refractivity contribution is -0.384. The second-order valence-electron chi connectivity index (χ2n) is 10.6. The average molecular weight is 509 g/mol. The van der Waals surface area contributed by atoms with Crippen molar-refractivity contribution >= 4 is 17.4 Å². The number of phenols is 1. The molecule has 0 aliphatic heterocycles. The highest BCUT2D eigenvalue weighted by molar-refractivity contribution is 6.03. The summed E-state index contributed by atoms with van der Waals surface area (Å²) in [5.41, 5.74) is 3.43. The minimum atomic E-state index is -0.437. The third-order valence-corrected chi connectivity index (χ3v) is 8.70. The van der Waals surface area contributed by atoms with Crippen LogP contribution in [0, 0.1) is 27.4 Å². The molecule has 9 heteroatoms. The minimum absolute atomic E-state index is 0.0238. The van der Waals surface area contributed by atoms with Crippen molar-refractivity contribution < 1.29 is 29.1 Å². The Labute approximate surface area is 215 Å². The van der Waals surface area contributed by atoms with Gasteiger partial charge in [0.15, 0.2) is 11.5 Å². The number of methoxy groups -OCH3 is 1. The van der Waals surface area contributed by atoms with Crippen LogP contribution in [0.1, 0.15) is 68.6 Å². The van der Waals surface area contributed by atoms with E-state index in [1.807, 2.05) is 6.07 Å². The molecule has 0 amide bonds. The van der Waals surface area contributed by atoms with E-state index >= 15 is 0 Å². The van der Waals surface area contributed by atoms with Crippen molar-refractivity contribution in [1.29, 1.82) is 0 Å². The molecule has 3 aliphatic rings. The van der Waals surface area contributed by atoms with Gasteiger partial charge in [-0.3, -0.25) is 14.9 Å². The highest BCUT2D eigenvalue weighted by atomic mass is 16.6. The van der Waals surface area contributed by atoms with Crippen LogP contribution in [0.2, 0.25) is 0 Å². The van der Waals surface area contributed by atoms with Gasteiger partial charge in [0.05, 0.1) is 17.7 Å². The number of esters is 1. The molecule has 0 aromatic heterocycles. The Hall–Kier alpha value is -3.62. The van der Waals surface area contributed by atoms with Gasteiger partial charge in [-0.2, -0.15) is 0 Å². The summed E-state index contributed by atoms with van der Waals surface area (Å²) in [6.07, 6.45) is 4.37. The summed E-state index contributed by atoms with van der Waals surface area (Å²) < 4.78 is 11.2. The van der Waals surface area contributed by atoms with Gasteiger partial charge >= 0.3 is 5.97 Å². The number of hydrogen-bond acceptors (Lipinski definition) is 8. The number of benzene rings is 2. The van der Waals surface area contributed by atoms with Gasteiger partial charge in [-0.25, -0.2) is 0 Å². The van der Waals surface area contributed by atoms with Crippen LogP contribution in [0.15, 0.2) is 41.6 Å². The maximum absolute atomic E-state index is 11.8. The summed E-state index contributed by atoms with van der Waals surface area (Å²) in [5, 5.41) is 26.0. The Bertz CT molecular complexity index is 1240. The zero-order chi connectivity index (χ0) is 26.3. The smallest absolute Gasteiger partial charge is 0.302 e. The second kappa shape index (κ2) is 9.68. The molecule has 0 spiro atoms. The van der Waals surface area contributed by atoms with Crippen molar-refractivity contribution in [3.63, 3.8) is 0 Å². The number of oxime groups is 1. The molecule has 2 fully saturated rings. The molecule has 196 valence electrons. The van der Waals surface area contributed by atoms with Crippen LogP contribution in [0.4, 0.5) is 5.69 Å². The highest BCUT2D eigenvalue weighted by Crippen LogP contribution is 2.62. The number of nitrogens with zero attached hydrogens (tertiary/aromatic N) is 2. The number of rotatable bonds is 6. The SMILES string of the molecule is COc1cc2c(cc1O)C(=NOCc1ccc([N+](=O)[O-])cc1)C[C@@H]1[C@@H]2CC[C@]2(C)[C@@H](OC(C)=O)CC[C@@H]12. The normalized spacial score (nSPS) is 29.1. The summed E-state index contributed by atoms with van der Waals surface area (Å²) >= 11 is 0. The van der Waals surface area contributed by atoms with E-state index in [4.69, 9.17) is 14.3 Å². The third kappa shape index (κ3) is 4.51. The lowest BCUT2D eigenvalue weighted by atomic mass is 9.55. The molecule has 5 atom stereocenters. The van der Waals surface area contributed by atoms with Crippen molar-refractivity contribution in [2.24, 2.45) is 22.4 Å². The largest absolute Gasteiger partial charge is 0.504 e. The fraction of sp³-hybridized carbons (Fsp3) is 0.500. The zero-order valence-corrected chi connectivity index (χ0v) is 21.3. The molecule has 0 heterocycles. The van der Waals surface area contributed by atoms with E-state index in [0.29, 0.717) is 24.0 Å². The molecular weight excluding hydrogens is 476 g/mol. The molecule has 2 aromatic carbocycles. The topological polar surface area (TPSA) is 120 Å². The van der Waals surface area contributed by atoms with Gasteiger partial charge in [-0.05, 0) is 85.3 Å². The highest BCUT2D eigenvalue weighted by Gasteiger charge is 2.57. The van der Waals surface area contributed by atoms with Crippen LogP contribution >= 0.6 is 0 Å². The predicted octanol–water partition coefficient (Wildman–Crippen LogP) is 5.48. The molecular formula is C28H32N2O7. The number of fused-ring (bicyclic) bond motifs is 5. The van der Waals surface area contributed by atoms with Gasteiger partial charge < -0.3 is 19.4 Å². The Morgan fingerprint density at radius 3 is 2.65 bits per heavy atom. The molecule has 0 unspecified atom stereocenters. The van der Waals surface area contributed by atoms with Crippen LogP contribution in [0.5, 0.6) is 11.5 Å². The molecule has 5 rings (SSSR count). The Morgan fingerprint density at radius 2 is 1.97 bits per heavy atom. The Kier molecular flexibility index (Phi) is 6.56. The first-order chi connectivity index (χ1) is 17.7. The number of non-ortho nitro benzene ring substituents is 1. The number of nitro benzene ring substituents is 1. The van der Waals surface area contributed by atoms with E-state index < -0.39 is 4.92 Å². The van der Waals surface area contributed by atoms with E-state index in [2.05, 4.69) is 12.1 Å². The summed E-state index contributed by atoms with van der Waals surface area (Å²) in [6, 6.07) is 9.83. The van der Waals surface area contributed by atoms with Gasteiger partial charge in [0, 0.05) is 30.0 Å². The number of ether oxygens (including phenoxy) is 2. The molecule has 0 saturated heterocycles. The van der Waals surface area contributed by atoms with Crippen molar-refractivity contribution in [2.45, 2.75) is 64.6 Å². The zero-order valence-electron chi connectivity index (χ0n) is 21.3. The molecule has 0 radical (unpaired) electrons. The van der Waals surface area contributed by atoms with Gasteiger partial charge in [-0.1, -0.05) is 12.1 Å². The van der Waals surface area contributed by atoms with Gasteiger partial charge in [0.1, 0.15) is 12.7 Å². The van der Waals surface area contributed by atoms with E-state index in [1.54, 1.807) is 25.3 Å². The first kappa shape index (κ1) is 25.0. The fourth-order valence-corrected chi connectivity index (χ4v) is 6.93. The number of aromatic hydroxyl groups is 1. The first-order valence-corrected chi connectivity index (χ1v) is 12.7. The molecule has 1 N–H and O–H groups in total. The molecule has 0 bridgehead atoms. The van der Waals surface area contributed by atoms with Crippen LogP contribution in [-0.4, -0.2) is 34.9 Å². The van der Waals surface area contributed by atoms with E-state index in [-0.39, 0.29) is 41.4 Å². The summed E-state index contributed by atoms with van der Waals surface area (Å²) in [4.78, 5) is 28.0. The van der Waals surface area contributed by atoms with Gasteiger partial charge in [0.2, 0.25) is 0 Å². The maximum atomic E-state index is 11.8. The van der Waals surface area contributed by atoms with E-state index in [1.165, 1.54) is 19.1 Å². The van der Waals surface area contributed by atoms with E-state index in [0.717, 1.165) is 48.1 Å². The third-order valence-electron chi connectivity index (χ3n) is 8.70. The number of carbonyl (C=O) groups excluding carboxylic acids is 1. The standard InChI is InChI=1S/C28H32N2O7/c1-16(31)37-27-9-8-23-21-12-24(29-36-15-17-4-6-18(7-5-17)30(33)34)22-13-25(32)26(35-3)14-20(22)19(21)10-11-28(23,27)2/h4-7,13-14,19,21,23,27,32H,8-12,15H2,1-3H3/t19-,21-,23+,27+,28+/m1/s1. The number of hydrogen-bond donors (Lipinski definition) is 1. The summed E-state index contributed by atoms with van der Waals surface area (Å²) in [6.45, 7) is 3.90. The Balaban J connectivity index is 1.45. The quantitative estimate of drug-likeness (QED) is 0.312. The monoisotopic (exact) mass is 508 g/mol. The van der Waals surface area contributed by atoms with Gasteiger partial charge in [0.25, 0.3) is 5.69 Å². The maximum Gasteiger partial charge on any atom is 0.302 e. The lowest BCUT2D eigenvalue weighted by Crippen LogP contribution is -2.46. The summed E-state index contributed by atoms with van der Waals surface area (Å²) in [7, 11) is 1.54. The molecule has 9 nitrogen and oxygen atoms in total. The van der Waals surface area contributed by atoms with Crippen molar-refractivity contribution in [1.82, 2.24) is 0 Å². The first-order valence-electron chi connectivity index (χ1n) is 12.7. The van der Waals surface area contributed by atoms with Crippen molar-refractivity contribution in [3.05, 3.63) is 63.2 Å². The molecule has 2 saturated carbocycles. The molecule has 2 aromatic rings. The van der Waals surface area contributed by atoms with Crippen LogP contribution in [-0.2, 0) is 21.0 Å². The molecule has 37 heavy (non-hydrogen) atoms. The fourth-order valence-electron chi connectivity index (χ4n) is 6.93. The van der Waals surface area contributed by atoms with Crippen LogP contribution in [0.25, 0.3) is 0 Å². The average Bonchev–Trinajstić information content (AvgIpc) is 3.19. The van der Waals surface area contributed by atoms with Crippen LogP contribution in [0.3, 0.4) is 0 Å².